The highest BCUT2D eigenvalue weighted by molar-refractivity contribution is 14.1. The van der Waals surface area contributed by atoms with Gasteiger partial charge in [-0.1, -0.05) is 91.0 Å². The van der Waals surface area contributed by atoms with Crippen LogP contribution in [0, 0.1) is 21.0 Å². The summed E-state index contributed by atoms with van der Waals surface area (Å²) >= 11 is 4.84. The van der Waals surface area contributed by atoms with Crippen molar-refractivity contribution in [3.8, 4) is 0 Å². The van der Waals surface area contributed by atoms with Gasteiger partial charge in [0.05, 0.1) is 11.1 Å². The zero-order valence-electron chi connectivity index (χ0n) is 27.1. The Hall–Kier alpha value is -3.50. The molecule has 1 saturated carbocycles. The fourth-order valence-corrected chi connectivity index (χ4v) is 9.33. The summed E-state index contributed by atoms with van der Waals surface area (Å²) < 4.78 is 14.1. The highest BCUT2D eigenvalue weighted by Gasteiger charge is 2.37. The second kappa shape index (κ2) is 15.8. The molecule has 0 spiro atoms. The molecule has 0 N–H and O–H groups in total. The Morgan fingerprint density at radius 1 is 0.521 bits per heavy atom. The van der Waals surface area contributed by atoms with Gasteiger partial charge in [-0.3, -0.25) is 0 Å². The normalized spacial score (nSPS) is 17.5. The van der Waals surface area contributed by atoms with E-state index in [1.54, 1.807) is 0 Å². The molecular weight excluding hydrogens is 822 g/mol. The lowest BCUT2D eigenvalue weighted by Crippen LogP contribution is -2.25. The number of hydrogen-bond donors (Lipinski definition) is 0. The Balaban J connectivity index is 1.38. The summed E-state index contributed by atoms with van der Waals surface area (Å²) in [5.41, 5.74) is 8.95. The molecule has 6 heteroatoms. The zero-order chi connectivity index (χ0) is 33.6. The topological polar surface area (TPSA) is 52.6 Å². The third kappa shape index (κ3) is 7.86. The van der Waals surface area contributed by atoms with E-state index in [0.717, 1.165) is 50.6 Å². The first-order valence-electron chi connectivity index (χ1n) is 16.3. The number of esters is 2. The van der Waals surface area contributed by atoms with Crippen LogP contribution in [-0.4, -0.2) is 11.9 Å². The first-order chi connectivity index (χ1) is 23.3. The fraction of sp³-hybridized carbons (Fsp3) is 0.238. The maximum atomic E-state index is 13.7. The van der Waals surface area contributed by atoms with Gasteiger partial charge < -0.3 is 9.47 Å². The van der Waals surface area contributed by atoms with Crippen LogP contribution in [0.2, 0.25) is 0 Å². The molecular formula is C42H38I2O4. The number of aryl methyl sites for hydroxylation is 2. The lowest BCUT2D eigenvalue weighted by molar-refractivity contribution is 0.0462. The van der Waals surface area contributed by atoms with Crippen LogP contribution in [0.15, 0.2) is 115 Å². The summed E-state index contributed by atoms with van der Waals surface area (Å²) in [5, 5.41) is 0. The summed E-state index contributed by atoms with van der Waals surface area (Å²) in [4.78, 5) is 27.5. The summed E-state index contributed by atoms with van der Waals surface area (Å²) in [5.74, 6) is -0.226. The van der Waals surface area contributed by atoms with Crippen molar-refractivity contribution in [3.63, 3.8) is 0 Å². The van der Waals surface area contributed by atoms with E-state index in [0.29, 0.717) is 11.1 Å². The van der Waals surface area contributed by atoms with Crippen molar-refractivity contribution in [1.29, 1.82) is 0 Å². The molecule has 5 aromatic carbocycles. The van der Waals surface area contributed by atoms with E-state index in [9.17, 15) is 9.59 Å². The molecule has 1 aliphatic rings. The van der Waals surface area contributed by atoms with Crippen LogP contribution < -0.4 is 0 Å². The van der Waals surface area contributed by atoms with E-state index in [1.807, 2.05) is 84.9 Å². The molecule has 0 bridgehead atoms. The van der Waals surface area contributed by atoms with Gasteiger partial charge in [0, 0.05) is 7.14 Å². The van der Waals surface area contributed by atoms with Gasteiger partial charge in [-0.2, -0.15) is 0 Å². The molecule has 1 fully saturated rings. The summed E-state index contributed by atoms with van der Waals surface area (Å²) in [6, 6.07) is 37.9. The fourth-order valence-electron chi connectivity index (χ4n) is 7.32. The predicted molar refractivity (Wildman–Crippen MR) is 207 cm³/mol. The minimum absolute atomic E-state index is 0.0735. The number of ether oxygens (including phenoxy) is 2. The molecule has 0 radical (unpaired) electrons. The van der Waals surface area contributed by atoms with Gasteiger partial charge >= 0.3 is 11.9 Å². The molecule has 48 heavy (non-hydrogen) atoms. The molecule has 0 heterocycles. The number of benzene rings is 5. The summed E-state index contributed by atoms with van der Waals surface area (Å²) in [6.45, 7) is 4.73. The minimum Gasteiger partial charge on any atom is -0.457 e. The highest BCUT2D eigenvalue weighted by atomic mass is 127. The van der Waals surface area contributed by atoms with E-state index < -0.39 is 0 Å². The van der Waals surface area contributed by atoms with Gasteiger partial charge in [-0.25, -0.2) is 9.59 Å². The van der Waals surface area contributed by atoms with Crippen molar-refractivity contribution < 1.29 is 19.1 Å². The average Bonchev–Trinajstić information content (AvgIpc) is 3.10. The van der Waals surface area contributed by atoms with E-state index in [4.69, 9.17) is 9.47 Å². The van der Waals surface area contributed by atoms with Crippen LogP contribution in [0.25, 0.3) is 0 Å². The SMILES string of the molecule is Cc1cccc(I)c1C1CC(c2c(C)cccc2C(=O)OCc2ccccc2)CC(c2c(I)cccc2C(=O)OCc2ccccc2)C1. The van der Waals surface area contributed by atoms with E-state index in [-0.39, 0.29) is 42.9 Å². The first-order valence-corrected chi connectivity index (χ1v) is 18.5. The average molecular weight is 861 g/mol. The van der Waals surface area contributed by atoms with Gasteiger partial charge in [-0.05, 0) is 159 Å². The lowest BCUT2D eigenvalue weighted by Gasteiger charge is -2.38. The molecule has 0 amide bonds. The molecule has 4 nitrogen and oxygen atoms in total. The largest absolute Gasteiger partial charge is 0.457 e. The van der Waals surface area contributed by atoms with Crippen LogP contribution in [0.3, 0.4) is 0 Å². The maximum absolute atomic E-state index is 13.7. The number of halogens is 2. The minimum atomic E-state index is -0.308. The Bertz CT molecular complexity index is 1770. The van der Waals surface area contributed by atoms with Gasteiger partial charge in [-0.15, -0.1) is 0 Å². The molecule has 3 atom stereocenters. The number of carbonyl (C=O) groups excluding carboxylic acids is 2. The molecule has 0 aromatic heterocycles. The Morgan fingerprint density at radius 3 is 1.44 bits per heavy atom. The number of carbonyl (C=O) groups is 2. The Morgan fingerprint density at radius 2 is 0.917 bits per heavy atom. The van der Waals surface area contributed by atoms with Gasteiger partial charge in [0.2, 0.25) is 0 Å². The standard InChI is InChI=1S/C42H38I2O4/c1-27-12-9-18-34(41(45)47-25-29-14-5-3-6-15-29)38(27)31-22-32(39-28(2)13-10-20-36(39)43)24-33(23-31)40-35(19-11-21-37(40)44)42(46)48-26-30-16-7-4-8-17-30/h3-21,31-33H,22-26H2,1-2H3. The second-order valence-corrected chi connectivity index (χ2v) is 15.0. The Kier molecular flexibility index (Phi) is 11.3. The molecule has 3 unspecified atom stereocenters. The molecule has 6 rings (SSSR count). The van der Waals surface area contributed by atoms with Crippen LogP contribution in [0.5, 0.6) is 0 Å². The highest BCUT2D eigenvalue weighted by Crippen LogP contribution is 2.51. The third-order valence-electron chi connectivity index (χ3n) is 9.45. The number of rotatable bonds is 9. The van der Waals surface area contributed by atoms with Crippen molar-refractivity contribution in [3.05, 3.63) is 172 Å². The Labute approximate surface area is 310 Å². The third-order valence-corrected chi connectivity index (χ3v) is 11.3. The lowest BCUT2D eigenvalue weighted by atomic mass is 9.66. The van der Waals surface area contributed by atoms with E-state index in [2.05, 4.69) is 89.4 Å². The molecule has 1 aliphatic carbocycles. The van der Waals surface area contributed by atoms with E-state index in [1.165, 1.54) is 14.7 Å². The maximum Gasteiger partial charge on any atom is 0.338 e. The molecule has 244 valence electrons. The van der Waals surface area contributed by atoms with Crippen molar-refractivity contribution in [2.24, 2.45) is 0 Å². The number of hydrogen-bond acceptors (Lipinski definition) is 4. The molecule has 0 saturated heterocycles. The van der Waals surface area contributed by atoms with Crippen LogP contribution in [0.4, 0.5) is 0 Å². The smallest absolute Gasteiger partial charge is 0.338 e. The van der Waals surface area contributed by atoms with Crippen LogP contribution in [-0.2, 0) is 22.7 Å². The van der Waals surface area contributed by atoms with Gasteiger partial charge in [0.1, 0.15) is 13.2 Å². The summed E-state index contributed by atoms with van der Waals surface area (Å²) in [6.07, 6.45) is 2.61. The van der Waals surface area contributed by atoms with Crippen molar-refractivity contribution in [2.75, 3.05) is 0 Å². The van der Waals surface area contributed by atoms with Crippen LogP contribution >= 0.6 is 45.2 Å². The monoisotopic (exact) mass is 860 g/mol. The van der Waals surface area contributed by atoms with Crippen molar-refractivity contribution in [2.45, 2.75) is 64.1 Å². The summed E-state index contributed by atoms with van der Waals surface area (Å²) in [7, 11) is 0. The van der Waals surface area contributed by atoms with Crippen molar-refractivity contribution >= 4 is 57.1 Å². The van der Waals surface area contributed by atoms with Gasteiger partial charge in [0.15, 0.2) is 0 Å². The predicted octanol–water partition coefficient (Wildman–Crippen LogP) is 11.1. The molecule has 0 aliphatic heterocycles. The zero-order valence-corrected chi connectivity index (χ0v) is 31.4. The molecule has 5 aromatic rings. The second-order valence-electron chi connectivity index (χ2n) is 12.6. The van der Waals surface area contributed by atoms with Crippen molar-refractivity contribution in [1.82, 2.24) is 0 Å². The van der Waals surface area contributed by atoms with Gasteiger partial charge in [0.25, 0.3) is 0 Å². The quantitative estimate of drug-likeness (QED) is 0.109. The van der Waals surface area contributed by atoms with E-state index >= 15 is 0 Å². The first kappa shape index (κ1) is 34.4. The van der Waals surface area contributed by atoms with Crippen LogP contribution in [0.1, 0.15) is 96.7 Å².